The molecule has 2 aromatic rings. The Labute approximate surface area is 141 Å². The first-order valence-electron chi connectivity index (χ1n) is 7.40. The summed E-state index contributed by atoms with van der Waals surface area (Å²) in [6, 6.07) is 14.2. The lowest BCUT2D eigenvalue weighted by atomic mass is 9.93. The van der Waals surface area contributed by atoms with Gasteiger partial charge in [-0.05, 0) is 23.1 Å². The number of rotatable bonds is 6. The van der Waals surface area contributed by atoms with Gasteiger partial charge in [-0.25, -0.2) is 4.79 Å². The number of nitrogens with one attached hydrogen (secondary N) is 1. The maximum absolute atomic E-state index is 12.7. The Morgan fingerprint density at radius 3 is 2.39 bits per heavy atom. The van der Waals surface area contributed by atoms with Crippen molar-refractivity contribution in [3.8, 4) is 11.1 Å². The summed E-state index contributed by atoms with van der Waals surface area (Å²) in [4.78, 5) is 23.8. The highest BCUT2D eigenvalue weighted by molar-refractivity contribution is 7.80. The molecule has 5 heteroatoms. The lowest BCUT2D eigenvalue weighted by molar-refractivity contribution is -0.138. The molecule has 0 saturated heterocycles. The monoisotopic (exact) mass is 329 g/mol. The molecule has 1 amide bonds. The number of carboxylic acid groups (broad SMARTS) is 1. The molecule has 4 nitrogen and oxygen atoms in total. The zero-order valence-electron chi connectivity index (χ0n) is 12.8. The molecule has 0 heterocycles. The summed E-state index contributed by atoms with van der Waals surface area (Å²) in [5, 5.41) is 11.7. The van der Waals surface area contributed by atoms with Crippen molar-refractivity contribution < 1.29 is 14.7 Å². The first kappa shape index (κ1) is 17.1. The van der Waals surface area contributed by atoms with E-state index in [-0.39, 0.29) is 11.7 Å². The summed E-state index contributed by atoms with van der Waals surface area (Å²) >= 11 is 3.99. The normalized spacial score (nSPS) is 11.7. The van der Waals surface area contributed by atoms with Crippen molar-refractivity contribution in [1.82, 2.24) is 5.32 Å². The number of carboxylic acids is 1. The third kappa shape index (κ3) is 3.93. The van der Waals surface area contributed by atoms with Gasteiger partial charge in [-0.2, -0.15) is 12.6 Å². The standard InChI is InChI=1S/C18H19NO3S/c1-2-12-9-6-10-14(13-7-4-3-5-8-13)16(12)17(20)19-15(11-23)18(21)22/h3-10,15,23H,2,11H2,1H3,(H,19,20)(H,21,22)/t15-/m0/s1. The Kier molecular flexibility index (Phi) is 5.82. The van der Waals surface area contributed by atoms with E-state index in [1.54, 1.807) is 0 Å². The molecule has 2 N–H and O–H groups in total. The molecule has 0 aliphatic rings. The van der Waals surface area contributed by atoms with Crippen LogP contribution in [-0.2, 0) is 11.2 Å². The average molecular weight is 329 g/mol. The van der Waals surface area contributed by atoms with Crippen molar-refractivity contribution in [2.75, 3.05) is 5.75 Å². The Bertz CT molecular complexity index is 701. The zero-order valence-corrected chi connectivity index (χ0v) is 13.7. The molecule has 2 rings (SSSR count). The fourth-order valence-electron chi connectivity index (χ4n) is 2.44. The molecular formula is C18H19NO3S. The largest absolute Gasteiger partial charge is 0.480 e. The number of aryl methyl sites for hydroxylation is 1. The topological polar surface area (TPSA) is 66.4 Å². The molecule has 0 unspecified atom stereocenters. The number of benzene rings is 2. The van der Waals surface area contributed by atoms with Crippen LogP contribution in [0.25, 0.3) is 11.1 Å². The number of thiol groups is 1. The van der Waals surface area contributed by atoms with Gasteiger partial charge in [0.1, 0.15) is 6.04 Å². The Balaban J connectivity index is 2.47. The number of aliphatic carboxylic acids is 1. The van der Waals surface area contributed by atoms with E-state index in [0.717, 1.165) is 16.7 Å². The Morgan fingerprint density at radius 2 is 1.83 bits per heavy atom. The molecule has 23 heavy (non-hydrogen) atoms. The van der Waals surface area contributed by atoms with E-state index in [4.69, 9.17) is 5.11 Å². The smallest absolute Gasteiger partial charge is 0.327 e. The predicted octanol–water partition coefficient (Wildman–Crippen LogP) is 3.03. The molecule has 0 aliphatic carbocycles. The van der Waals surface area contributed by atoms with Gasteiger partial charge in [0.05, 0.1) is 5.56 Å². The first-order valence-corrected chi connectivity index (χ1v) is 8.03. The van der Waals surface area contributed by atoms with Gasteiger partial charge < -0.3 is 10.4 Å². The molecule has 0 fully saturated rings. The zero-order chi connectivity index (χ0) is 16.8. The lowest BCUT2D eigenvalue weighted by Gasteiger charge is -2.17. The van der Waals surface area contributed by atoms with Crippen molar-refractivity contribution in [3.05, 3.63) is 59.7 Å². The van der Waals surface area contributed by atoms with Crippen molar-refractivity contribution in [1.29, 1.82) is 0 Å². The Hall–Kier alpha value is -2.27. The number of hydrogen-bond acceptors (Lipinski definition) is 3. The molecule has 0 saturated carbocycles. The lowest BCUT2D eigenvalue weighted by Crippen LogP contribution is -2.42. The van der Waals surface area contributed by atoms with Crippen LogP contribution in [0.4, 0.5) is 0 Å². The van der Waals surface area contributed by atoms with Crippen LogP contribution >= 0.6 is 12.6 Å². The summed E-state index contributed by atoms with van der Waals surface area (Å²) in [5.41, 5.74) is 3.12. The highest BCUT2D eigenvalue weighted by Crippen LogP contribution is 2.26. The summed E-state index contributed by atoms with van der Waals surface area (Å²) < 4.78 is 0. The van der Waals surface area contributed by atoms with E-state index in [2.05, 4.69) is 17.9 Å². The number of amides is 1. The predicted molar refractivity (Wildman–Crippen MR) is 94.0 cm³/mol. The van der Waals surface area contributed by atoms with Gasteiger partial charge in [0, 0.05) is 5.75 Å². The van der Waals surface area contributed by atoms with Gasteiger partial charge in [-0.15, -0.1) is 0 Å². The molecule has 0 bridgehead atoms. The number of carbonyl (C=O) groups is 2. The second kappa shape index (κ2) is 7.83. The SMILES string of the molecule is CCc1cccc(-c2ccccc2)c1C(=O)N[C@@H](CS)C(=O)O. The van der Waals surface area contributed by atoms with Gasteiger partial charge in [0.25, 0.3) is 5.91 Å². The van der Waals surface area contributed by atoms with E-state index >= 15 is 0 Å². The minimum Gasteiger partial charge on any atom is -0.480 e. The van der Waals surface area contributed by atoms with E-state index in [9.17, 15) is 9.59 Å². The van der Waals surface area contributed by atoms with E-state index < -0.39 is 12.0 Å². The van der Waals surface area contributed by atoms with Crippen molar-refractivity contribution >= 4 is 24.5 Å². The van der Waals surface area contributed by atoms with Crippen LogP contribution in [0.15, 0.2) is 48.5 Å². The third-order valence-corrected chi connectivity index (χ3v) is 3.99. The summed E-state index contributed by atoms with van der Waals surface area (Å²) in [7, 11) is 0. The summed E-state index contributed by atoms with van der Waals surface area (Å²) in [6.07, 6.45) is 0.683. The van der Waals surface area contributed by atoms with Crippen LogP contribution < -0.4 is 5.32 Å². The summed E-state index contributed by atoms with van der Waals surface area (Å²) in [6.45, 7) is 1.97. The second-order valence-electron chi connectivity index (χ2n) is 5.11. The summed E-state index contributed by atoms with van der Waals surface area (Å²) in [5.74, 6) is -1.44. The van der Waals surface area contributed by atoms with Gasteiger partial charge >= 0.3 is 5.97 Å². The minimum atomic E-state index is -1.09. The molecule has 0 spiro atoms. The number of carbonyl (C=O) groups excluding carboxylic acids is 1. The first-order chi connectivity index (χ1) is 11.1. The van der Waals surface area contributed by atoms with Crippen LogP contribution in [0, 0.1) is 0 Å². The molecule has 2 aromatic carbocycles. The molecular weight excluding hydrogens is 310 g/mol. The minimum absolute atomic E-state index is 0.0377. The average Bonchev–Trinajstić information content (AvgIpc) is 2.59. The van der Waals surface area contributed by atoms with E-state index in [0.29, 0.717) is 12.0 Å². The maximum Gasteiger partial charge on any atom is 0.327 e. The molecule has 0 aliphatic heterocycles. The highest BCUT2D eigenvalue weighted by atomic mass is 32.1. The highest BCUT2D eigenvalue weighted by Gasteiger charge is 2.22. The fraction of sp³-hybridized carbons (Fsp3) is 0.222. The molecule has 1 atom stereocenters. The van der Waals surface area contributed by atoms with Gasteiger partial charge in [-0.1, -0.05) is 55.5 Å². The third-order valence-electron chi connectivity index (χ3n) is 3.63. The van der Waals surface area contributed by atoms with Crippen molar-refractivity contribution in [2.45, 2.75) is 19.4 Å². The fourth-order valence-corrected chi connectivity index (χ4v) is 2.68. The molecule has 120 valence electrons. The number of hydrogen-bond donors (Lipinski definition) is 3. The van der Waals surface area contributed by atoms with Crippen molar-refractivity contribution in [3.63, 3.8) is 0 Å². The van der Waals surface area contributed by atoms with Gasteiger partial charge in [0.2, 0.25) is 0 Å². The maximum atomic E-state index is 12.7. The second-order valence-corrected chi connectivity index (χ2v) is 5.47. The van der Waals surface area contributed by atoms with Crippen molar-refractivity contribution in [2.24, 2.45) is 0 Å². The van der Waals surface area contributed by atoms with Crippen LogP contribution in [-0.4, -0.2) is 28.8 Å². The van der Waals surface area contributed by atoms with E-state index in [1.807, 2.05) is 55.5 Å². The van der Waals surface area contributed by atoms with E-state index in [1.165, 1.54) is 0 Å². The molecule has 0 aromatic heterocycles. The van der Waals surface area contributed by atoms with Gasteiger partial charge in [0.15, 0.2) is 0 Å². The van der Waals surface area contributed by atoms with Crippen LogP contribution in [0.2, 0.25) is 0 Å². The van der Waals surface area contributed by atoms with Gasteiger partial charge in [-0.3, -0.25) is 4.79 Å². The quantitative estimate of drug-likeness (QED) is 0.714. The Morgan fingerprint density at radius 1 is 1.13 bits per heavy atom. The van der Waals surface area contributed by atoms with Crippen LogP contribution in [0.5, 0.6) is 0 Å². The van der Waals surface area contributed by atoms with Crippen LogP contribution in [0.1, 0.15) is 22.8 Å². The van der Waals surface area contributed by atoms with Crippen LogP contribution in [0.3, 0.4) is 0 Å². The molecule has 0 radical (unpaired) electrons.